The highest BCUT2D eigenvalue weighted by atomic mass is 32.2. The Hall–Kier alpha value is -1.93. The third-order valence-electron chi connectivity index (χ3n) is 4.43. The molecule has 0 amide bonds. The van der Waals surface area contributed by atoms with Crippen molar-refractivity contribution in [2.45, 2.75) is 37.8 Å². The van der Waals surface area contributed by atoms with Gasteiger partial charge in [0.1, 0.15) is 10.7 Å². The maximum atomic E-state index is 4.70. The number of fused-ring (bicyclic) bond motifs is 8. The van der Waals surface area contributed by atoms with Crippen LogP contribution in [0.5, 0.6) is 0 Å². The van der Waals surface area contributed by atoms with Gasteiger partial charge in [-0.25, -0.2) is 9.38 Å². The van der Waals surface area contributed by atoms with Crippen LogP contribution in [-0.2, 0) is 12.8 Å². The highest BCUT2D eigenvalue weighted by Crippen LogP contribution is 2.39. The molecule has 0 aromatic carbocycles. The van der Waals surface area contributed by atoms with E-state index < -0.39 is 0 Å². The van der Waals surface area contributed by atoms with Crippen LogP contribution in [0.2, 0.25) is 0 Å². The van der Waals surface area contributed by atoms with Crippen molar-refractivity contribution in [3.05, 3.63) is 28.9 Å². The average molecular weight is 356 g/mol. The molecule has 1 aliphatic rings. The van der Waals surface area contributed by atoms with Crippen LogP contribution in [0.25, 0.3) is 21.6 Å². The van der Waals surface area contributed by atoms with Crippen molar-refractivity contribution in [3.8, 4) is 0 Å². The standard InChI is InChI=1S/C16H16N6S2/c1-3-8-23-16-19-18-15-21(16)14-12(13-17-9(2)20-22(13)15)10-6-4-5-7-11(10)24-14/h3H,1,4-8H2,2H3. The minimum absolute atomic E-state index is 0.739. The summed E-state index contributed by atoms with van der Waals surface area (Å²) in [6.45, 7) is 5.73. The van der Waals surface area contributed by atoms with Gasteiger partial charge in [0.05, 0.1) is 5.39 Å². The molecule has 0 saturated carbocycles. The van der Waals surface area contributed by atoms with Gasteiger partial charge in [0.25, 0.3) is 5.78 Å². The van der Waals surface area contributed by atoms with Gasteiger partial charge in [-0.15, -0.1) is 33.2 Å². The van der Waals surface area contributed by atoms with Crippen LogP contribution in [0.4, 0.5) is 0 Å². The number of rotatable bonds is 3. The molecule has 6 nitrogen and oxygen atoms in total. The lowest BCUT2D eigenvalue weighted by Gasteiger charge is -2.10. The minimum atomic E-state index is 0.739. The highest BCUT2D eigenvalue weighted by molar-refractivity contribution is 7.99. The number of hydrogen-bond donors (Lipinski definition) is 0. The molecule has 4 aromatic heterocycles. The van der Waals surface area contributed by atoms with Gasteiger partial charge in [-0.2, -0.15) is 4.52 Å². The van der Waals surface area contributed by atoms with Gasteiger partial charge >= 0.3 is 0 Å². The molecular formula is C16H16N6S2. The van der Waals surface area contributed by atoms with E-state index in [2.05, 4.69) is 26.3 Å². The molecule has 8 heteroatoms. The first-order valence-corrected chi connectivity index (χ1v) is 9.86. The molecule has 0 bridgehead atoms. The minimum Gasteiger partial charge on any atom is -0.244 e. The van der Waals surface area contributed by atoms with E-state index in [1.165, 1.54) is 33.5 Å². The van der Waals surface area contributed by atoms with Crippen molar-refractivity contribution < 1.29 is 0 Å². The Morgan fingerprint density at radius 2 is 2.17 bits per heavy atom. The zero-order chi connectivity index (χ0) is 16.3. The fourth-order valence-corrected chi connectivity index (χ4v) is 5.57. The molecule has 0 atom stereocenters. The summed E-state index contributed by atoms with van der Waals surface area (Å²) in [7, 11) is 0. The van der Waals surface area contributed by atoms with Crippen molar-refractivity contribution >= 4 is 44.7 Å². The van der Waals surface area contributed by atoms with Gasteiger partial charge in [-0.1, -0.05) is 17.8 Å². The number of hydrogen-bond acceptors (Lipinski definition) is 6. The molecule has 0 saturated heterocycles. The van der Waals surface area contributed by atoms with Crippen molar-refractivity contribution in [2.75, 3.05) is 5.75 Å². The van der Waals surface area contributed by atoms with E-state index in [0.717, 1.165) is 41.0 Å². The lowest BCUT2D eigenvalue weighted by atomic mass is 9.97. The molecule has 24 heavy (non-hydrogen) atoms. The summed E-state index contributed by atoms with van der Waals surface area (Å²) < 4.78 is 4.00. The fourth-order valence-electron chi connectivity index (χ4n) is 3.46. The molecule has 0 aliphatic heterocycles. The second-order valence-electron chi connectivity index (χ2n) is 6.00. The molecule has 122 valence electrons. The van der Waals surface area contributed by atoms with E-state index in [1.807, 2.05) is 28.9 Å². The quantitative estimate of drug-likeness (QED) is 0.416. The first-order valence-electron chi connectivity index (χ1n) is 8.06. The predicted molar refractivity (Wildman–Crippen MR) is 97.2 cm³/mol. The van der Waals surface area contributed by atoms with E-state index >= 15 is 0 Å². The first kappa shape index (κ1) is 14.4. The van der Waals surface area contributed by atoms with Crippen LogP contribution in [-0.4, -0.2) is 34.9 Å². The largest absolute Gasteiger partial charge is 0.260 e. The van der Waals surface area contributed by atoms with Crippen molar-refractivity contribution in [3.63, 3.8) is 0 Å². The summed E-state index contributed by atoms with van der Waals surface area (Å²) in [5.41, 5.74) is 2.37. The fraction of sp³-hybridized carbons (Fsp3) is 0.375. The van der Waals surface area contributed by atoms with E-state index in [9.17, 15) is 0 Å². The second kappa shape index (κ2) is 5.29. The Morgan fingerprint density at radius 1 is 1.29 bits per heavy atom. The maximum absolute atomic E-state index is 4.70. The molecule has 0 spiro atoms. The average Bonchev–Trinajstić information content (AvgIpc) is 3.25. The van der Waals surface area contributed by atoms with Crippen molar-refractivity contribution in [1.29, 1.82) is 0 Å². The Balaban J connectivity index is 1.97. The normalized spacial score (nSPS) is 14.7. The Morgan fingerprint density at radius 3 is 3.04 bits per heavy atom. The van der Waals surface area contributed by atoms with E-state index in [4.69, 9.17) is 4.98 Å². The van der Waals surface area contributed by atoms with Gasteiger partial charge in [0, 0.05) is 10.6 Å². The zero-order valence-corrected chi connectivity index (χ0v) is 15.0. The summed E-state index contributed by atoms with van der Waals surface area (Å²) in [4.78, 5) is 7.39. The monoisotopic (exact) mass is 356 g/mol. The van der Waals surface area contributed by atoms with E-state index in [-0.39, 0.29) is 0 Å². The Bertz CT molecular complexity index is 1100. The molecule has 4 heterocycles. The molecule has 0 radical (unpaired) electrons. The van der Waals surface area contributed by atoms with E-state index in [1.54, 1.807) is 11.8 Å². The molecule has 4 aromatic rings. The van der Waals surface area contributed by atoms with Crippen LogP contribution < -0.4 is 0 Å². The third-order valence-corrected chi connectivity index (χ3v) is 6.63. The number of aryl methyl sites for hydroxylation is 3. The SMILES string of the molecule is C=CCSc1nnc2n3nc(C)nc3c3c4c(sc3n12)CCCC4. The lowest BCUT2D eigenvalue weighted by Crippen LogP contribution is -2.01. The maximum Gasteiger partial charge on any atom is 0.260 e. The van der Waals surface area contributed by atoms with Crippen LogP contribution in [0.3, 0.4) is 0 Å². The molecule has 0 unspecified atom stereocenters. The van der Waals surface area contributed by atoms with Crippen molar-refractivity contribution in [1.82, 2.24) is 29.2 Å². The number of nitrogens with zero attached hydrogens (tertiary/aromatic N) is 6. The van der Waals surface area contributed by atoms with Gasteiger partial charge < -0.3 is 0 Å². The van der Waals surface area contributed by atoms with Crippen molar-refractivity contribution in [2.24, 2.45) is 0 Å². The van der Waals surface area contributed by atoms with Crippen LogP contribution in [0.1, 0.15) is 29.1 Å². The molecule has 0 N–H and O–H groups in total. The Kier molecular flexibility index (Phi) is 3.18. The van der Waals surface area contributed by atoms with E-state index in [0.29, 0.717) is 0 Å². The summed E-state index contributed by atoms with van der Waals surface area (Å²) in [5.74, 6) is 2.31. The second-order valence-corrected chi connectivity index (χ2v) is 8.07. The summed E-state index contributed by atoms with van der Waals surface area (Å²) in [6.07, 6.45) is 6.69. The van der Waals surface area contributed by atoms with Gasteiger partial charge in [-0.3, -0.25) is 0 Å². The molecule has 0 fully saturated rings. The molecular weight excluding hydrogens is 340 g/mol. The van der Waals surface area contributed by atoms with Gasteiger partial charge in [0.15, 0.2) is 10.8 Å². The van der Waals surface area contributed by atoms with Gasteiger partial charge in [-0.05, 0) is 38.2 Å². The lowest BCUT2D eigenvalue weighted by molar-refractivity contribution is 0.700. The van der Waals surface area contributed by atoms with Crippen LogP contribution in [0, 0.1) is 6.92 Å². The molecule has 1 aliphatic carbocycles. The Labute approximate surface area is 146 Å². The highest BCUT2D eigenvalue weighted by Gasteiger charge is 2.24. The third kappa shape index (κ3) is 1.89. The number of thioether (sulfide) groups is 1. The predicted octanol–water partition coefficient (Wildman–Crippen LogP) is 3.45. The first-order chi connectivity index (χ1) is 11.8. The van der Waals surface area contributed by atoms with Gasteiger partial charge in [0.2, 0.25) is 0 Å². The zero-order valence-electron chi connectivity index (χ0n) is 13.3. The number of thiophene rings is 1. The molecule has 5 rings (SSSR count). The summed E-state index contributed by atoms with van der Waals surface area (Å²) in [5, 5.41) is 15.5. The van der Waals surface area contributed by atoms with Crippen LogP contribution in [0.15, 0.2) is 17.8 Å². The summed E-state index contributed by atoms with van der Waals surface area (Å²) in [6, 6.07) is 0. The topological polar surface area (TPSA) is 60.4 Å². The van der Waals surface area contributed by atoms with Crippen LogP contribution >= 0.6 is 23.1 Å². The number of aromatic nitrogens is 6. The smallest absolute Gasteiger partial charge is 0.244 e. The summed E-state index contributed by atoms with van der Waals surface area (Å²) >= 11 is 3.52.